The lowest BCUT2D eigenvalue weighted by Gasteiger charge is -2.08. The molecule has 0 saturated heterocycles. The number of aromatic nitrogens is 2. The topological polar surface area (TPSA) is 73.2 Å². The number of carbonyl (C=O) groups excluding carboxylic acids is 1. The molecule has 2 rings (SSSR count). The minimum absolute atomic E-state index is 0.118. The largest absolute Gasteiger partial charge is 0.385 e. The van der Waals surface area contributed by atoms with E-state index in [4.69, 9.17) is 16.3 Å². The maximum atomic E-state index is 11.9. The summed E-state index contributed by atoms with van der Waals surface area (Å²) in [5, 5.41) is 7.58. The molecule has 0 unspecified atom stereocenters. The van der Waals surface area contributed by atoms with Gasteiger partial charge in [-0.3, -0.25) is 9.59 Å². The summed E-state index contributed by atoms with van der Waals surface area (Å²) < 4.78 is 6.05. The van der Waals surface area contributed by atoms with Crippen molar-refractivity contribution in [3.63, 3.8) is 0 Å². The normalized spacial score (nSPS) is 10.5. The minimum atomic E-state index is -0.324. The number of methoxy groups -OCH3 is 1. The molecule has 0 atom stereocenters. The second kappa shape index (κ2) is 8.45. The number of nitrogens with one attached hydrogen (secondary N) is 1. The van der Waals surface area contributed by atoms with Crippen LogP contribution in [-0.2, 0) is 16.1 Å². The van der Waals surface area contributed by atoms with Crippen LogP contribution in [0.25, 0.3) is 11.3 Å². The Kier molecular flexibility index (Phi) is 6.31. The smallest absolute Gasteiger partial charge is 0.267 e. The first kappa shape index (κ1) is 17.2. The molecule has 23 heavy (non-hydrogen) atoms. The van der Waals surface area contributed by atoms with Gasteiger partial charge in [0.25, 0.3) is 5.56 Å². The SMILES string of the molecule is COCCCNC(=O)Cn1nc(-c2ccc(Cl)cc2)ccc1=O. The van der Waals surface area contributed by atoms with Gasteiger partial charge in [-0.15, -0.1) is 0 Å². The van der Waals surface area contributed by atoms with Crippen LogP contribution in [0.3, 0.4) is 0 Å². The highest BCUT2D eigenvalue weighted by atomic mass is 35.5. The summed E-state index contributed by atoms with van der Waals surface area (Å²) in [7, 11) is 1.60. The third-order valence-electron chi connectivity index (χ3n) is 3.15. The Morgan fingerprint density at radius 3 is 2.70 bits per heavy atom. The zero-order valence-electron chi connectivity index (χ0n) is 12.8. The van der Waals surface area contributed by atoms with E-state index in [0.717, 1.165) is 16.7 Å². The van der Waals surface area contributed by atoms with Crippen LogP contribution < -0.4 is 10.9 Å². The van der Waals surface area contributed by atoms with E-state index in [-0.39, 0.29) is 18.0 Å². The molecule has 1 amide bonds. The molecular weight excluding hydrogens is 318 g/mol. The quantitative estimate of drug-likeness (QED) is 0.782. The van der Waals surface area contributed by atoms with Crippen molar-refractivity contribution >= 4 is 17.5 Å². The number of hydrogen-bond donors (Lipinski definition) is 1. The van der Waals surface area contributed by atoms with Crippen molar-refractivity contribution in [3.05, 3.63) is 51.8 Å². The molecule has 7 heteroatoms. The Labute approximate surface area is 139 Å². The summed E-state index contributed by atoms with van der Waals surface area (Å²) in [6, 6.07) is 10.1. The van der Waals surface area contributed by atoms with E-state index in [1.165, 1.54) is 6.07 Å². The summed E-state index contributed by atoms with van der Waals surface area (Å²) in [4.78, 5) is 23.7. The van der Waals surface area contributed by atoms with Crippen LogP contribution in [-0.4, -0.2) is 35.9 Å². The number of carbonyl (C=O) groups is 1. The van der Waals surface area contributed by atoms with Gasteiger partial charge in [0.15, 0.2) is 0 Å². The van der Waals surface area contributed by atoms with Crippen molar-refractivity contribution in [2.45, 2.75) is 13.0 Å². The first-order chi connectivity index (χ1) is 11.1. The molecule has 0 spiro atoms. The molecule has 1 N–H and O–H groups in total. The van der Waals surface area contributed by atoms with Gasteiger partial charge in [-0.05, 0) is 24.6 Å². The third-order valence-corrected chi connectivity index (χ3v) is 3.40. The van der Waals surface area contributed by atoms with Crippen molar-refractivity contribution in [1.82, 2.24) is 15.1 Å². The number of ether oxygens (including phenoxy) is 1. The standard InChI is InChI=1S/C16H18ClN3O3/c1-23-10-2-9-18-15(21)11-20-16(22)8-7-14(19-20)12-3-5-13(17)6-4-12/h3-8H,2,9-11H2,1H3,(H,18,21). The maximum Gasteiger partial charge on any atom is 0.267 e. The summed E-state index contributed by atoms with van der Waals surface area (Å²) in [6.45, 7) is 0.954. The second-order valence-corrected chi connectivity index (χ2v) is 5.35. The van der Waals surface area contributed by atoms with Gasteiger partial charge in [0.2, 0.25) is 5.91 Å². The van der Waals surface area contributed by atoms with Gasteiger partial charge >= 0.3 is 0 Å². The number of benzene rings is 1. The summed E-state index contributed by atoms with van der Waals surface area (Å²) in [5.74, 6) is -0.260. The van der Waals surface area contributed by atoms with Gasteiger partial charge in [0, 0.05) is 36.9 Å². The van der Waals surface area contributed by atoms with Gasteiger partial charge in [-0.1, -0.05) is 23.7 Å². The molecule has 1 aromatic carbocycles. The zero-order valence-corrected chi connectivity index (χ0v) is 13.5. The average molecular weight is 336 g/mol. The highest BCUT2D eigenvalue weighted by Crippen LogP contribution is 2.18. The molecule has 0 saturated carbocycles. The number of rotatable bonds is 7. The Bertz CT molecular complexity index is 713. The lowest BCUT2D eigenvalue weighted by Crippen LogP contribution is -2.34. The first-order valence-corrected chi connectivity index (χ1v) is 7.57. The Morgan fingerprint density at radius 1 is 1.26 bits per heavy atom. The number of halogens is 1. The van der Waals surface area contributed by atoms with Crippen molar-refractivity contribution in [3.8, 4) is 11.3 Å². The summed E-state index contributed by atoms with van der Waals surface area (Å²) >= 11 is 5.86. The Morgan fingerprint density at radius 2 is 2.00 bits per heavy atom. The molecule has 1 aromatic heterocycles. The first-order valence-electron chi connectivity index (χ1n) is 7.20. The van der Waals surface area contributed by atoms with E-state index in [9.17, 15) is 9.59 Å². The fourth-order valence-corrected chi connectivity index (χ4v) is 2.10. The molecule has 0 aliphatic carbocycles. The number of hydrogen-bond acceptors (Lipinski definition) is 4. The van der Waals surface area contributed by atoms with Crippen LogP contribution in [0, 0.1) is 0 Å². The molecule has 2 aromatic rings. The summed E-state index contributed by atoms with van der Waals surface area (Å²) in [6.07, 6.45) is 0.718. The van der Waals surface area contributed by atoms with Crippen molar-refractivity contribution in [2.75, 3.05) is 20.3 Å². The fraction of sp³-hybridized carbons (Fsp3) is 0.312. The summed E-state index contributed by atoms with van der Waals surface area (Å²) in [5.41, 5.74) is 1.10. The maximum absolute atomic E-state index is 11.9. The molecule has 0 radical (unpaired) electrons. The predicted octanol–water partition coefficient (Wildman–Crippen LogP) is 1.72. The average Bonchev–Trinajstić information content (AvgIpc) is 2.54. The van der Waals surface area contributed by atoms with Crippen molar-refractivity contribution < 1.29 is 9.53 Å². The van der Waals surface area contributed by atoms with Crippen LogP contribution in [0.15, 0.2) is 41.2 Å². The van der Waals surface area contributed by atoms with E-state index in [1.54, 1.807) is 25.3 Å². The molecular formula is C16H18ClN3O3. The van der Waals surface area contributed by atoms with E-state index in [1.807, 2.05) is 12.1 Å². The molecule has 0 aliphatic heterocycles. The third kappa shape index (κ3) is 5.19. The van der Waals surface area contributed by atoms with E-state index in [2.05, 4.69) is 10.4 Å². The number of nitrogens with zero attached hydrogens (tertiary/aromatic N) is 2. The van der Waals surface area contributed by atoms with E-state index < -0.39 is 0 Å². The van der Waals surface area contributed by atoms with E-state index >= 15 is 0 Å². The molecule has 0 bridgehead atoms. The molecule has 6 nitrogen and oxygen atoms in total. The van der Waals surface area contributed by atoms with Gasteiger partial charge < -0.3 is 10.1 Å². The van der Waals surface area contributed by atoms with Crippen LogP contribution in [0.1, 0.15) is 6.42 Å². The lowest BCUT2D eigenvalue weighted by atomic mass is 10.1. The number of amides is 1. The predicted molar refractivity (Wildman–Crippen MR) is 88.4 cm³/mol. The molecule has 0 aliphatic rings. The van der Waals surface area contributed by atoms with Gasteiger partial charge in [0.05, 0.1) is 5.69 Å². The monoisotopic (exact) mass is 335 g/mol. The van der Waals surface area contributed by atoms with Crippen LogP contribution >= 0.6 is 11.6 Å². The highest BCUT2D eigenvalue weighted by molar-refractivity contribution is 6.30. The molecule has 0 fully saturated rings. The van der Waals surface area contributed by atoms with E-state index in [0.29, 0.717) is 23.9 Å². The van der Waals surface area contributed by atoms with Crippen molar-refractivity contribution in [1.29, 1.82) is 0 Å². The second-order valence-electron chi connectivity index (χ2n) is 4.92. The minimum Gasteiger partial charge on any atom is -0.385 e. The molecule has 122 valence electrons. The Hall–Kier alpha value is -2.18. The zero-order chi connectivity index (χ0) is 16.7. The van der Waals surface area contributed by atoms with Gasteiger partial charge in [-0.2, -0.15) is 5.10 Å². The van der Waals surface area contributed by atoms with Crippen LogP contribution in [0.2, 0.25) is 5.02 Å². The Balaban J connectivity index is 2.07. The van der Waals surface area contributed by atoms with Gasteiger partial charge in [0.1, 0.15) is 6.54 Å². The van der Waals surface area contributed by atoms with Crippen molar-refractivity contribution in [2.24, 2.45) is 0 Å². The van der Waals surface area contributed by atoms with Gasteiger partial charge in [-0.25, -0.2) is 4.68 Å². The lowest BCUT2D eigenvalue weighted by molar-refractivity contribution is -0.121. The highest BCUT2D eigenvalue weighted by Gasteiger charge is 2.07. The molecule has 1 heterocycles. The van der Waals surface area contributed by atoms with Crippen LogP contribution in [0.5, 0.6) is 0 Å². The fourth-order valence-electron chi connectivity index (χ4n) is 1.97. The van der Waals surface area contributed by atoms with Crippen LogP contribution in [0.4, 0.5) is 0 Å².